The standard InChI is InChI=1S/C23H19F3N6O2/c1-3-31-13-27-29-21(31)15-6-4-8-17(11-15)28-22(34)20-19(33)10-14(2)32(30-20)18-9-5-7-16(12-18)23(24,25)26/h4-13H,3H2,1-2H3,(H,28,34). The maximum atomic E-state index is 13.1. The summed E-state index contributed by atoms with van der Waals surface area (Å²) in [5.74, 6) is -0.182. The number of nitrogens with one attached hydrogen (secondary N) is 1. The minimum absolute atomic E-state index is 0.0716. The Morgan fingerprint density at radius 3 is 2.59 bits per heavy atom. The number of amides is 1. The van der Waals surface area contributed by atoms with E-state index in [1.165, 1.54) is 19.1 Å². The second-order valence-electron chi connectivity index (χ2n) is 7.43. The Hall–Kier alpha value is -4.28. The molecule has 2 aromatic heterocycles. The largest absolute Gasteiger partial charge is 0.416 e. The monoisotopic (exact) mass is 468 g/mol. The van der Waals surface area contributed by atoms with Crippen LogP contribution in [0.2, 0.25) is 0 Å². The van der Waals surface area contributed by atoms with Gasteiger partial charge in [0.2, 0.25) is 5.43 Å². The van der Waals surface area contributed by atoms with Gasteiger partial charge in [0, 0.05) is 29.6 Å². The molecule has 0 aliphatic heterocycles. The molecule has 0 saturated carbocycles. The summed E-state index contributed by atoms with van der Waals surface area (Å²) in [5, 5.41) is 14.7. The summed E-state index contributed by atoms with van der Waals surface area (Å²) in [6.07, 6.45) is -2.96. The Kier molecular flexibility index (Phi) is 6.01. The van der Waals surface area contributed by atoms with Gasteiger partial charge in [0.05, 0.1) is 11.3 Å². The number of nitrogens with zero attached hydrogens (tertiary/aromatic N) is 5. The van der Waals surface area contributed by atoms with E-state index in [0.717, 1.165) is 22.9 Å². The highest BCUT2D eigenvalue weighted by atomic mass is 19.4. The maximum absolute atomic E-state index is 13.1. The predicted molar refractivity (Wildman–Crippen MR) is 119 cm³/mol. The lowest BCUT2D eigenvalue weighted by Crippen LogP contribution is -2.27. The van der Waals surface area contributed by atoms with Gasteiger partial charge in [-0.1, -0.05) is 18.2 Å². The van der Waals surface area contributed by atoms with Crippen LogP contribution in [0.4, 0.5) is 18.9 Å². The van der Waals surface area contributed by atoms with E-state index in [0.29, 0.717) is 23.6 Å². The smallest absolute Gasteiger partial charge is 0.320 e. The van der Waals surface area contributed by atoms with Crippen molar-refractivity contribution < 1.29 is 18.0 Å². The zero-order chi connectivity index (χ0) is 24.5. The summed E-state index contributed by atoms with van der Waals surface area (Å²) in [4.78, 5) is 25.4. The van der Waals surface area contributed by atoms with Gasteiger partial charge in [0.25, 0.3) is 5.91 Å². The first-order valence-corrected chi connectivity index (χ1v) is 10.3. The highest BCUT2D eigenvalue weighted by Crippen LogP contribution is 2.30. The van der Waals surface area contributed by atoms with Crippen molar-refractivity contribution >= 4 is 11.6 Å². The molecule has 4 rings (SSSR count). The number of rotatable bonds is 5. The molecule has 0 fully saturated rings. The second kappa shape index (κ2) is 8.93. The minimum Gasteiger partial charge on any atom is -0.320 e. The Balaban J connectivity index is 1.67. The average Bonchev–Trinajstić information content (AvgIpc) is 3.28. The molecule has 0 bridgehead atoms. The van der Waals surface area contributed by atoms with E-state index < -0.39 is 28.8 Å². The molecule has 0 aliphatic carbocycles. The van der Waals surface area contributed by atoms with Gasteiger partial charge in [-0.25, -0.2) is 4.68 Å². The molecule has 1 amide bonds. The molecule has 4 aromatic rings. The van der Waals surface area contributed by atoms with Crippen molar-refractivity contribution in [3.05, 3.63) is 88.1 Å². The number of carbonyl (C=O) groups excluding carboxylic acids is 1. The van der Waals surface area contributed by atoms with Crippen LogP contribution in [0.3, 0.4) is 0 Å². The number of aryl methyl sites for hydroxylation is 2. The first-order chi connectivity index (χ1) is 16.2. The van der Waals surface area contributed by atoms with E-state index in [1.54, 1.807) is 30.6 Å². The van der Waals surface area contributed by atoms with Gasteiger partial charge in [-0.15, -0.1) is 10.2 Å². The summed E-state index contributed by atoms with van der Waals surface area (Å²) in [5.41, 5.74) is -0.530. The molecule has 34 heavy (non-hydrogen) atoms. The quantitative estimate of drug-likeness (QED) is 0.476. The van der Waals surface area contributed by atoms with Crippen LogP contribution < -0.4 is 10.7 Å². The summed E-state index contributed by atoms with van der Waals surface area (Å²) >= 11 is 0. The van der Waals surface area contributed by atoms with Gasteiger partial charge in [0.15, 0.2) is 11.5 Å². The van der Waals surface area contributed by atoms with E-state index in [1.807, 2.05) is 11.5 Å². The summed E-state index contributed by atoms with van der Waals surface area (Å²) in [6, 6.07) is 12.5. The van der Waals surface area contributed by atoms with Crippen LogP contribution in [-0.4, -0.2) is 30.5 Å². The number of halogens is 3. The van der Waals surface area contributed by atoms with E-state index in [4.69, 9.17) is 0 Å². The first-order valence-electron chi connectivity index (χ1n) is 10.3. The highest BCUT2D eigenvalue weighted by molar-refractivity contribution is 6.03. The molecule has 0 unspecified atom stereocenters. The molecule has 8 nitrogen and oxygen atoms in total. The summed E-state index contributed by atoms with van der Waals surface area (Å²) in [7, 11) is 0. The van der Waals surface area contributed by atoms with Gasteiger partial charge >= 0.3 is 6.18 Å². The summed E-state index contributed by atoms with van der Waals surface area (Å²) < 4.78 is 42.3. The number of carbonyl (C=O) groups is 1. The van der Waals surface area contributed by atoms with Crippen LogP contribution in [0, 0.1) is 6.92 Å². The molecule has 2 heterocycles. The molecule has 0 atom stereocenters. The molecule has 11 heteroatoms. The van der Waals surface area contributed by atoms with Crippen LogP contribution in [-0.2, 0) is 12.7 Å². The lowest BCUT2D eigenvalue weighted by molar-refractivity contribution is -0.137. The fraction of sp³-hybridized carbons (Fsp3) is 0.174. The Labute approximate surface area is 191 Å². The van der Waals surface area contributed by atoms with Crippen LogP contribution in [0.25, 0.3) is 17.1 Å². The lowest BCUT2D eigenvalue weighted by Gasteiger charge is -2.14. The van der Waals surface area contributed by atoms with Crippen molar-refractivity contribution in [3.63, 3.8) is 0 Å². The predicted octanol–water partition coefficient (Wildman–Crippen LogP) is 4.09. The van der Waals surface area contributed by atoms with Gasteiger partial charge in [-0.05, 0) is 44.2 Å². The zero-order valence-corrected chi connectivity index (χ0v) is 18.2. The number of anilines is 1. The Morgan fingerprint density at radius 1 is 1.09 bits per heavy atom. The second-order valence-corrected chi connectivity index (χ2v) is 7.43. The van der Waals surface area contributed by atoms with E-state index in [2.05, 4.69) is 20.6 Å². The Morgan fingerprint density at radius 2 is 1.85 bits per heavy atom. The normalized spacial score (nSPS) is 11.4. The fourth-order valence-corrected chi connectivity index (χ4v) is 3.42. The van der Waals surface area contributed by atoms with Gasteiger partial charge < -0.3 is 9.88 Å². The third-order valence-electron chi connectivity index (χ3n) is 5.08. The fourth-order valence-electron chi connectivity index (χ4n) is 3.42. The van der Waals surface area contributed by atoms with Crippen molar-refractivity contribution in [2.45, 2.75) is 26.6 Å². The molecule has 0 aliphatic rings. The number of hydrogen-bond acceptors (Lipinski definition) is 5. The van der Waals surface area contributed by atoms with Crippen molar-refractivity contribution in [1.29, 1.82) is 0 Å². The lowest BCUT2D eigenvalue weighted by atomic mass is 10.1. The average molecular weight is 468 g/mol. The molecular formula is C23H19F3N6O2. The molecule has 0 saturated heterocycles. The summed E-state index contributed by atoms with van der Waals surface area (Å²) in [6.45, 7) is 4.11. The molecule has 0 spiro atoms. The zero-order valence-electron chi connectivity index (χ0n) is 18.2. The molecular weight excluding hydrogens is 449 g/mol. The molecule has 0 radical (unpaired) electrons. The third kappa shape index (κ3) is 4.58. The number of alkyl halides is 3. The van der Waals surface area contributed by atoms with E-state index in [-0.39, 0.29) is 11.4 Å². The number of aromatic nitrogens is 5. The van der Waals surface area contributed by atoms with Crippen LogP contribution in [0.1, 0.15) is 28.7 Å². The van der Waals surface area contributed by atoms with Crippen molar-refractivity contribution in [3.8, 4) is 17.1 Å². The minimum atomic E-state index is -4.55. The van der Waals surface area contributed by atoms with Crippen molar-refractivity contribution in [2.24, 2.45) is 0 Å². The van der Waals surface area contributed by atoms with Crippen LogP contribution >= 0.6 is 0 Å². The number of benzene rings is 2. The molecule has 174 valence electrons. The van der Waals surface area contributed by atoms with Crippen LogP contribution in [0.5, 0.6) is 0 Å². The first kappa shape index (κ1) is 22.9. The van der Waals surface area contributed by atoms with Crippen LogP contribution in [0.15, 0.2) is 65.7 Å². The van der Waals surface area contributed by atoms with Gasteiger partial charge in [0.1, 0.15) is 6.33 Å². The van der Waals surface area contributed by atoms with E-state index in [9.17, 15) is 22.8 Å². The topological polar surface area (TPSA) is 94.7 Å². The third-order valence-corrected chi connectivity index (χ3v) is 5.08. The van der Waals surface area contributed by atoms with E-state index >= 15 is 0 Å². The maximum Gasteiger partial charge on any atom is 0.416 e. The molecule has 2 aromatic carbocycles. The van der Waals surface area contributed by atoms with Crippen molar-refractivity contribution in [2.75, 3.05) is 5.32 Å². The van der Waals surface area contributed by atoms with Crippen molar-refractivity contribution in [1.82, 2.24) is 24.5 Å². The number of hydrogen-bond donors (Lipinski definition) is 1. The SMILES string of the molecule is CCn1cnnc1-c1cccc(NC(=O)c2nn(-c3cccc(C(F)(F)F)c3)c(C)cc2=O)c1. The van der Waals surface area contributed by atoms with Gasteiger partial charge in [-0.2, -0.15) is 18.3 Å². The highest BCUT2D eigenvalue weighted by Gasteiger charge is 2.30. The Bertz CT molecular complexity index is 1420. The van der Waals surface area contributed by atoms with Gasteiger partial charge in [-0.3, -0.25) is 9.59 Å². The molecule has 1 N–H and O–H groups in total.